The van der Waals surface area contributed by atoms with Crippen LogP contribution in [0.25, 0.3) is 0 Å². The number of hydrogen-bond acceptors (Lipinski definition) is 3. The first kappa shape index (κ1) is 7.88. The SMILES string of the molecule is CCNC1C=NN=C(Br)C1. The molecule has 3 nitrogen and oxygen atoms in total. The third-order valence-corrected chi connectivity index (χ3v) is 1.75. The second-order valence-electron chi connectivity index (χ2n) is 2.11. The summed E-state index contributed by atoms with van der Waals surface area (Å²) >= 11 is 3.29. The number of nitrogens with zero attached hydrogens (tertiary/aromatic N) is 2. The minimum absolute atomic E-state index is 0.358. The van der Waals surface area contributed by atoms with E-state index >= 15 is 0 Å². The van der Waals surface area contributed by atoms with Gasteiger partial charge >= 0.3 is 0 Å². The maximum absolute atomic E-state index is 3.83. The average Bonchev–Trinajstić information content (AvgIpc) is 1.88. The Morgan fingerprint density at radius 2 is 2.70 bits per heavy atom. The van der Waals surface area contributed by atoms with E-state index in [4.69, 9.17) is 0 Å². The van der Waals surface area contributed by atoms with E-state index in [2.05, 4.69) is 38.4 Å². The molecule has 10 heavy (non-hydrogen) atoms. The Bertz CT molecular complexity index is 164. The second-order valence-corrected chi connectivity index (χ2v) is 3.02. The van der Waals surface area contributed by atoms with Gasteiger partial charge in [-0.05, 0) is 22.5 Å². The minimum atomic E-state index is 0.358. The van der Waals surface area contributed by atoms with E-state index in [1.807, 2.05) is 6.21 Å². The lowest BCUT2D eigenvalue weighted by Gasteiger charge is -2.13. The molecule has 4 heteroatoms. The Morgan fingerprint density at radius 3 is 3.30 bits per heavy atom. The van der Waals surface area contributed by atoms with Crippen LogP contribution >= 0.6 is 15.9 Å². The molecule has 0 bridgehead atoms. The highest BCUT2D eigenvalue weighted by molar-refractivity contribution is 9.18. The molecule has 0 fully saturated rings. The van der Waals surface area contributed by atoms with Gasteiger partial charge in [-0.15, -0.1) is 5.10 Å². The summed E-state index contributed by atoms with van der Waals surface area (Å²) in [6.45, 7) is 3.05. The summed E-state index contributed by atoms with van der Waals surface area (Å²) in [5.41, 5.74) is 0. The fourth-order valence-electron chi connectivity index (χ4n) is 0.839. The summed E-state index contributed by atoms with van der Waals surface area (Å²) in [4.78, 5) is 0. The first-order chi connectivity index (χ1) is 4.83. The number of nitrogens with one attached hydrogen (secondary N) is 1. The standard InChI is InChI=1S/C6H10BrN3/c1-2-8-5-3-6(7)10-9-4-5/h4-5,8H,2-3H2,1H3. The van der Waals surface area contributed by atoms with Gasteiger partial charge in [-0.25, -0.2) is 0 Å². The molecule has 0 aromatic carbocycles. The van der Waals surface area contributed by atoms with E-state index in [1.54, 1.807) is 0 Å². The van der Waals surface area contributed by atoms with Crippen LogP contribution in [0.2, 0.25) is 0 Å². The summed E-state index contributed by atoms with van der Waals surface area (Å²) in [7, 11) is 0. The zero-order valence-corrected chi connectivity index (χ0v) is 7.43. The normalized spacial score (nSPS) is 24.6. The molecule has 0 spiro atoms. The lowest BCUT2D eigenvalue weighted by Crippen LogP contribution is -2.32. The van der Waals surface area contributed by atoms with Crippen molar-refractivity contribution >= 4 is 26.8 Å². The van der Waals surface area contributed by atoms with Crippen molar-refractivity contribution in [3.05, 3.63) is 0 Å². The van der Waals surface area contributed by atoms with Crippen LogP contribution in [0.3, 0.4) is 0 Å². The summed E-state index contributed by atoms with van der Waals surface area (Å²) in [5.74, 6) is 0. The van der Waals surface area contributed by atoms with E-state index in [9.17, 15) is 0 Å². The molecule has 1 unspecified atom stereocenters. The third kappa shape index (κ3) is 2.19. The van der Waals surface area contributed by atoms with Crippen LogP contribution in [0.15, 0.2) is 10.2 Å². The Labute approximate surface area is 68.7 Å². The maximum atomic E-state index is 3.83. The van der Waals surface area contributed by atoms with Crippen molar-refractivity contribution in [1.82, 2.24) is 5.32 Å². The highest BCUT2D eigenvalue weighted by Crippen LogP contribution is 2.04. The van der Waals surface area contributed by atoms with Gasteiger partial charge in [0.05, 0.1) is 6.04 Å². The summed E-state index contributed by atoms with van der Waals surface area (Å²) < 4.78 is 0.918. The van der Waals surface area contributed by atoms with Crippen LogP contribution in [0, 0.1) is 0 Å². The van der Waals surface area contributed by atoms with E-state index in [0.717, 1.165) is 17.6 Å². The highest BCUT2D eigenvalue weighted by atomic mass is 79.9. The highest BCUT2D eigenvalue weighted by Gasteiger charge is 2.09. The van der Waals surface area contributed by atoms with Crippen molar-refractivity contribution in [1.29, 1.82) is 0 Å². The van der Waals surface area contributed by atoms with E-state index in [0.29, 0.717) is 6.04 Å². The van der Waals surface area contributed by atoms with Crippen molar-refractivity contribution < 1.29 is 0 Å². The number of halogens is 1. The zero-order valence-electron chi connectivity index (χ0n) is 5.84. The molecule has 1 aliphatic rings. The van der Waals surface area contributed by atoms with Gasteiger partial charge in [-0.1, -0.05) is 6.92 Å². The lowest BCUT2D eigenvalue weighted by molar-refractivity contribution is 0.664. The molecule has 1 atom stereocenters. The Morgan fingerprint density at radius 1 is 1.90 bits per heavy atom. The molecular weight excluding hydrogens is 194 g/mol. The average molecular weight is 204 g/mol. The molecule has 0 aliphatic carbocycles. The molecular formula is C6H10BrN3. The van der Waals surface area contributed by atoms with Gasteiger partial charge in [-0.2, -0.15) is 5.10 Å². The van der Waals surface area contributed by atoms with E-state index < -0.39 is 0 Å². The van der Waals surface area contributed by atoms with Crippen LogP contribution in [-0.4, -0.2) is 23.4 Å². The van der Waals surface area contributed by atoms with Crippen molar-refractivity contribution in [3.8, 4) is 0 Å². The van der Waals surface area contributed by atoms with Crippen LogP contribution in [0.4, 0.5) is 0 Å². The van der Waals surface area contributed by atoms with Crippen molar-refractivity contribution in [2.45, 2.75) is 19.4 Å². The van der Waals surface area contributed by atoms with Gasteiger partial charge in [0, 0.05) is 12.6 Å². The summed E-state index contributed by atoms with van der Waals surface area (Å²) in [6.07, 6.45) is 2.74. The van der Waals surface area contributed by atoms with Gasteiger partial charge in [0.25, 0.3) is 0 Å². The molecule has 0 aromatic rings. The Hall–Kier alpha value is -0.220. The van der Waals surface area contributed by atoms with Crippen LogP contribution in [0.5, 0.6) is 0 Å². The fourth-order valence-corrected chi connectivity index (χ4v) is 1.28. The fraction of sp³-hybridized carbons (Fsp3) is 0.667. The molecule has 0 aromatic heterocycles. The molecule has 1 N–H and O–H groups in total. The number of hydrogen-bond donors (Lipinski definition) is 1. The largest absolute Gasteiger partial charge is 0.309 e. The first-order valence-corrected chi connectivity index (χ1v) is 4.11. The predicted molar refractivity (Wildman–Crippen MR) is 46.9 cm³/mol. The van der Waals surface area contributed by atoms with Gasteiger partial charge in [0.15, 0.2) is 0 Å². The van der Waals surface area contributed by atoms with Crippen LogP contribution in [-0.2, 0) is 0 Å². The topological polar surface area (TPSA) is 36.8 Å². The van der Waals surface area contributed by atoms with Crippen molar-refractivity contribution in [2.24, 2.45) is 10.2 Å². The van der Waals surface area contributed by atoms with Gasteiger partial charge in [-0.3, -0.25) is 0 Å². The summed E-state index contributed by atoms with van der Waals surface area (Å²) in [5, 5.41) is 10.9. The van der Waals surface area contributed by atoms with Crippen molar-refractivity contribution in [3.63, 3.8) is 0 Å². The lowest BCUT2D eigenvalue weighted by atomic mass is 10.2. The Balaban J connectivity index is 2.39. The predicted octanol–water partition coefficient (Wildman–Crippen LogP) is 1.15. The quantitative estimate of drug-likeness (QED) is 0.719. The molecule has 1 heterocycles. The first-order valence-electron chi connectivity index (χ1n) is 3.32. The van der Waals surface area contributed by atoms with Gasteiger partial charge in [0.2, 0.25) is 0 Å². The monoisotopic (exact) mass is 203 g/mol. The summed E-state index contributed by atoms with van der Waals surface area (Å²) in [6, 6.07) is 0.358. The van der Waals surface area contributed by atoms with Gasteiger partial charge in [0.1, 0.15) is 4.62 Å². The van der Waals surface area contributed by atoms with Crippen LogP contribution in [0.1, 0.15) is 13.3 Å². The van der Waals surface area contributed by atoms with E-state index in [-0.39, 0.29) is 0 Å². The molecule has 1 aliphatic heterocycles. The minimum Gasteiger partial charge on any atom is -0.309 e. The molecule has 0 amide bonds. The third-order valence-electron chi connectivity index (χ3n) is 1.27. The molecule has 0 saturated carbocycles. The molecule has 1 rings (SSSR count). The van der Waals surface area contributed by atoms with E-state index in [1.165, 1.54) is 0 Å². The second kappa shape index (κ2) is 3.83. The van der Waals surface area contributed by atoms with Crippen LogP contribution < -0.4 is 5.32 Å². The van der Waals surface area contributed by atoms with Crippen molar-refractivity contribution in [2.75, 3.05) is 6.54 Å². The molecule has 0 saturated heterocycles. The Kier molecular flexibility index (Phi) is 3.02. The zero-order chi connectivity index (χ0) is 7.40. The molecule has 0 radical (unpaired) electrons. The van der Waals surface area contributed by atoms with Gasteiger partial charge < -0.3 is 5.32 Å². The molecule has 56 valence electrons. The maximum Gasteiger partial charge on any atom is 0.107 e. The smallest absolute Gasteiger partial charge is 0.107 e. The number of rotatable bonds is 2.